The van der Waals surface area contributed by atoms with Crippen LogP contribution in [0.5, 0.6) is 5.75 Å². The molecule has 0 spiro atoms. The molecule has 0 atom stereocenters. The molecule has 3 nitrogen and oxygen atoms in total. The number of ether oxygens (including phenoxy) is 1. The summed E-state index contributed by atoms with van der Waals surface area (Å²) in [5.41, 5.74) is 2.98. The highest BCUT2D eigenvalue weighted by Gasteiger charge is 2.07. The van der Waals surface area contributed by atoms with Crippen molar-refractivity contribution < 1.29 is 9.53 Å². The van der Waals surface area contributed by atoms with Gasteiger partial charge >= 0.3 is 0 Å². The van der Waals surface area contributed by atoms with Gasteiger partial charge in [-0.1, -0.05) is 37.3 Å². The van der Waals surface area contributed by atoms with Gasteiger partial charge in [-0.2, -0.15) is 0 Å². The van der Waals surface area contributed by atoms with E-state index < -0.39 is 0 Å². The summed E-state index contributed by atoms with van der Waals surface area (Å²) >= 11 is 0. The Hall–Kier alpha value is -2.29. The third-order valence-corrected chi connectivity index (χ3v) is 3.17. The van der Waals surface area contributed by atoms with E-state index in [0.717, 1.165) is 29.0 Å². The van der Waals surface area contributed by atoms with E-state index in [1.165, 1.54) is 0 Å². The summed E-state index contributed by atoms with van der Waals surface area (Å²) in [7, 11) is 1.62. The Morgan fingerprint density at radius 2 is 1.95 bits per heavy atom. The lowest BCUT2D eigenvalue weighted by Crippen LogP contribution is -2.15. The molecule has 0 aliphatic carbocycles. The Kier molecular flexibility index (Phi) is 4.77. The number of para-hydroxylation sites is 1. The normalized spacial score (nSPS) is 10.1. The maximum absolute atomic E-state index is 12.1. The van der Waals surface area contributed by atoms with Crippen LogP contribution in [-0.2, 0) is 17.6 Å². The molecule has 0 aliphatic rings. The summed E-state index contributed by atoms with van der Waals surface area (Å²) in [6, 6.07) is 15.4. The number of rotatable bonds is 5. The number of methoxy groups -OCH3 is 1. The molecular weight excluding hydrogens is 250 g/mol. The number of nitrogens with one attached hydrogen (secondary N) is 1. The zero-order valence-corrected chi connectivity index (χ0v) is 11.8. The quantitative estimate of drug-likeness (QED) is 0.903. The lowest BCUT2D eigenvalue weighted by Gasteiger charge is -2.10. The molecule has 2 aromatic rings. The van der Waals surface area contributed by atoms with Crippen LogP contribution in [0.2, 0.25) is 0 Å². The van der Waals surface area contributed by atoms with Crippen LogP contribution >= 0.6 is 0 Å². The van der Waals surface area contributed by atoms with Crippen LogP contribution in [0.3, 0.4) is 0 Å². The molecule has 2 aromatic carbocycles. The van der Waals surface area contributed by atoms with Crippen molar-refractivity contribution in [3.63, 3.8) is 0 Å². The van der Waals surface area contributed by atoms with Gasteiger partial charge in [0.15, 0.2) is 0 Å². The Bertz CT molecular complexity index is 593. The van der Waals surface area contributed by atoms with E-state index in [1.807, 2.05) is 48.5 Å². The molecule has 3 heteroatoms. The van der Waals surface area contributed by atoms with Gasteiger partial charge in [-0.15, -0.1) is 0 Å². The minimum atomic E-state index is -0.0147. The van der Waals surface area contributed by atoms with Crippen molar-refractivity contribution >= 4 is 11.6 Å². The molecule has 1 N–H and O–H groups in total. The predicted octanol–water partition coefficient (Wildman–Crippen LogP) is 3.44. The van der Waals surface area contributed by atoms with Gasteiger partial charge in [0.05, 0.1) is 13.5 Å². The van der Waals surface area contributed by atoms with Gasteiger partial charge in [-0.05, 0) is 35.7 Å². The van der Waals surface area contributed by atoms with Crippen LogP contribution in [0.25, 0.3) is 0 Å². The summed E-state index contributed by atoms with van der Waals surface area (Å²) in [6.07, 6.45) is 1.24. The number of benzene rings is 2. The van der Waals surface area contributed by atoms with Crippen LogP contribution in [0.15, 0.2) is 48.5 Å². The SMILES string of the molecule is CCc1ccccc1NC(=O)Cc1cccc(OC)c1. The first-order valence-electron chi connectivity index (χ1n) is 6.73. The number of hydrogen-bond acceptors (Lipinski definition) is 2. The van der Waals surface area contributed by atoms with Gasteiger partial charge in [-0.3, -0.25) is 4.79 Å². The van der Waals surface area contributed by atoms with E-state index in [1.54, 1.807) is 7.11 Å². The van der Waals surface area contributed by atoms with Crippen LogP contribution in [-0.4, -0.2) is 13.0 Å². The van der Waals surface area contributed by atoms with Crippen LogP contribution < -0.4 is 10.1 Å². The summed E-state index contributed by atoms with van der Waals surface area (Å²) < 4.78 is 5.16. The Balaban J connectivity index is 2.05. The average Bonchev–Trinajstić information content (AvgIpc) is 2.48. The van der Waals surface area contributed by atoms with Gasteiger partial charge in [0.1, 0.15) is 5.75 Å². The van der Waals surface area contributed by atoms with E-state index in [2.05, 4.69) is 12.2 Å². The second-order valence-electron chi connectivity index (χ2n) is 4.59. The fourth-order valence-corrected chi connectivity index (χ4v) is 2.11. The molecule has 2 rings (SSSR count). The molecule has 0 heterocycles. The van der Waals surface area contributed by atoms with Gasteiger partial charge in [0.25, 0.3) is 0 Å². The lowest BCUT2D eigenvalue weighted by atomic mass is 10.1. The Morgan fingerprint density at radius 3 is 2.70 bits per heavy atom. The van der Waals surface area contributed by atoms with E-state index in [9.17, 15) is 4.79 Å². The third-order valence-electron chi connectivity index (χ3n) is 3.17. The molecule has 20 heavy (non-hydrogen) atoms. The topological polar surface area (TPSA) is 38.3 Å². The van der Waals surface area contributed by atoms with Crippen LogP contribution in [0.4, 0.5) is 5.69 Å². The highest BCUT2D eigenvalue weighted by molar-refractivity contribution is 5.93. The zero-order valence-electron chi connectivity index (χ0n) is 11.8. The first-order chi connectivity index (χ1) is 9.72. The standard InChI is InChI=1S/C17H19NO2/c1-3-14-8-4-5-10-16(14)18-17(19)12-13-7-6-9-15(11-13)20-2/h4-11H,3,12H2,1-2H3,(H,18,19). The number of amides is 1. The van der Waals surface area contributed by atoms with E-state index in [0.29, 0.717) is 6.42 Å². The van der Waals surface area contributed by atoms with Crippen molar-refractivity contribution in [3.8, 4) is 5.75 Å². The fourth-order valence-electron chi connectivity index (χ4n) is 2.11. The van der Waals surface area contributed by atoms with Gasteiger partial charge in [-0.25, -0.2) is 0 Å². The van der Waals surface area contributed by atoms with E-state index in [-0.39, 0.29) is 5.91 Å². The smallest absolute Gasteiger partial charge is 0.228 e. The first-order valence-corrected chi connectivity index (χ1v) is 6.73. The minimum absolute atomic E-state index is 0.0147. The molecule has 0 aromatic heterocycles. The van der Waals surface area contributed by atoms with E-state index >= 15 is 0 Å². The zero-order chi connectivity index (χ0) is 14.4. The molecule has 0 saturated heterocycles. The minimum Gasteiger partial charge on any atom is -0.497 e. The van der Waals surface area contributed by atoms with Crippen molar-refractivity contribution in [1.29, 1.82) is 0 Å². The van der Waals surface area contributed by atoms with E-state index in [4.69, 9.17) is 4.74 Å². The maximum Gasteiger partial charge on any atom is 0.228 e. The summed E-state index contributed by atoms with van der Waals surface area (Å²) in [6.45, 7) is 2.08. The third kappa shape index (κ3) is 3.60. The molecule has 0 saturated carbocycles. The molecule has 0 unspecified atom stereocenters. The average molecular weight is 269 g/mol. The van der Waals surface area contributed by atoms with Gasteiger partial charge in [0.2, 0.25) is 5.91 Å². The number of carbonyl (C=O) groups excluding carboxylic acids is 1. The molecule has 0 radical (unpaired) electrons. The van der Waals surface area contributed by atoms with Crippen molar-refractivity contribution in [1.82, 2.24) is 0 Å². The van der Waals surface area contributed by atoms with Crippen molar-refractivity contribution in [2.75, 3.05) is 12.4 Å². The van der Waals surface area contributed by atoms with Crippen molar-refractivity contribution in [2.24, 2.45) is 0 Å². The number of aryl methyl sites for hydroxylation is 1. The van der Waals surface area contributed by atoms with Crippen LogP contribution in [0, 0.1) is 0 Å². The first kappa shape index (κ1) is 14.1. The monoisotopic (exact) mass is 269 g/mol. The fraction of sp³-hybridized carbons (Fsp3) is 0.235. The highest BCUT2D eigenvalue weighted by Crippen LogP contribution is 2.17. The molecule has 1 amide bonds. The summed E-state index contributed by atoms with van der Waals surface area (Å²) in [5.74, 6) is 0.753. The van der Waals surface area contributed by atoms with Crippen LogP contribution in [0.1, 0.15) is 18.1 Å². The number of hydrogen-bond donors (Lipinski definition) is 1. The second-order valence-corrected chi connectivity index (χ2v) is 4.59. The van der Waals surface area contributed by atoms with Crippen molar-refractivity contribution in [3.05, 3.63) is 59.7 Å². The predicted molar refractivity (Wildman–Crippen MR) is 81.1 cm³/mol. The number of carbonyl (C=O) groups is 1. The maximum atomic E-state index is 12.1. The molecule has 0 fully saturated rings. The summed E-state index contributed by atoms with van der Waals surface area (Å²) in [4.78, 5) is 12.1. The second kappa shape index (κ2) is 6.75. The summed E-state index contributed by atoms with van der Waals surface area (Å²) in [5, 5.41) is 2.97. The molecule has 0 aliphatic heterocycles. The largest absolute Gasteiger partial charge is 0.497 e. The molecular formula is C17H19NO2. The van der Waals surface area contributed by atoms with Crippen molar-refractivity contribution in [2.45, 2.75) is 19.8 Å². The lowest BCUT2D eigenvalue weighted by molar-refractivity contribution is -0.115. The highest BCUT2D eigenvalue weighted by atomic mass is 16.5. The molecule has 104 valence electrons. The Labute approximate surface area is 119 Å². The Morgan fingerprint density at radius 1 is 1.15 bits per heavy atom. The molecule has 0 bridgehead atoms. The van der Waals surface area contributed by atoms with Gasteiger partial charge in [0, 0.05) is 5.69 Å². The van der Waals surface area contributed by atoms with Gasteiger partial charge < -0.3 is 10.1 Å². The number of anilines is 1.